The topological polar surface area (TPSA) is 88.2 Å². The fourth-order valence-electron chi connectivity index (χ4n) is 3.36. The molecule has 7 heteroatoms. The molecule has 31 heavy (non-hydrogen) atoms. The number of nitrogens with one attached hydrogen (secondary N) is 2. The smallest absolute Gasteiger partial charge is 0.247 e. The number of fused-ring (bicyclic) bond motifs is 1. The molecule has 0 saturated heterocycles. The number of nitrogens with zero attached hydrogens (tertiary/aromatic N) is 1. The highest BCUT2D eigenvalue weighted by Gasteiger charge is 2.27. The highest BCUT2D eigenvalue weighted by molar-refractivity contribution is 7.88. The molecule has 1 unspecified atom stereocenters. The molecule has 156 valence electrons. The van der Waals surface area contributed by atoms with E-state index in [1.165, 1.54) is 0 Å². The van der Waals surface area contributed by atoms with Gasteiger partial charge in [-0.15, -0.1) is 0 Å². The van der Waals surface area contributed by atoms with Crippen LogP contribution in [0.3, 0.4) is 0 Å². The molecule has 1 amide bonds. The fraction of sp³-hybridized carbons (Fsp3) is 0.0833. The number of carbonyl (C=O) groups excluding carboxylic acids is 1. The Labute approximate surface area is 181 Å². The van der Waals surface area contributed by atoms with Crippen molar-refractivity contribution in [3.8, 4) is 0 Å². The highest BCUT2D eigenvalue weighted by atomic mass is 32.2. The summed E-state index contributed by atoms with van der Waals surface area (Å²) in [4.78, 5) is 17.3. The third-order valence-electron chi connectivity index (χ3n) is 4.80. The van der Waals surface area contributed by atoms with Gasteiger partial charge in [0.2, 0.25) is 15.9 Å². The summed E-state index contributed by atoms with van der Waals surface area (Å²) >= 11 is 0. The number of sulfonamides is 1. The molecule has 3 aromatic carbocycles. The number of hydrogen-bond acceptors (Lipinski definition) is 4. The Morgan fingerprint density at radius 2 is 1.52 bits per heavy atom. The molecule has 0 aliphatic rings. The minimum Gasteiger partial charge on any atom is -0.324 e. The van der Waals surface area contributed by atoms with Gasteiger partial charge >= 0.3 is 0 Å². The van der Waals surface area contributed by atoms with Crippen LogP contribution >= 0.6 is 0 Å². The predicted octanol–water partition coefficient (Wildman–Crippen LogP) is 4.03. The molecular formula is C24H21N3O3S. The first-order chi connectivity index (χ1) is 15.0. The Morgan fingerprint density at radius 1 is 0.839 bits per heavy atom. The molecule has 1 heterocycles. The normalized spacial score (nSPS) is 12.4. The molecule has 4 aromatic rings. The molecule has 0 fully saturated rings. The van der Waals surface area contributed by atoms with Gasteiger partial charge in [0.25, 0.3) is 0 Å². The van der Waals surface area contributed by atoms with Gasteiger partial charge in [-0.2, -0.15) is 4.72 Å². The number of para-hydroxylation sites is 2. The molecular weight excluding hydrogens is 410 g/mol. The van der Waals surface area contributed by atoms with E-state index in [4.69, 9.17) is 0 Å². The number of rotatable bonds is 7. The number of hydrogen-bond donors (Lipinski definition) is 2. The number of benzene rings is 3. The van der Waals surface area contributed by atoms with Gasteiger partial charge in [0, 0.05) is 17.3 Å². The number of pyridine rings is 1. The largest absolute Gasteiger partial charge is 0.324 e. The lowest BCUT2D eigenvalue weighted by Gasteiger charge is -2.19. The second-order valence-electron chi connectivity index (χ2n) is 7.07. The Balaban J connectivity index is 1.61. The summed E-state index contributed by atoms with van der Waals surface area (Å²) in [5, 5.41) is 3.64. The lowest BCUT2D eigenvalue weighted by atomic mass is 10.1. The lowest BCUT2D eigenvalue weighted by molar-refractivity contribution is -0.117. The van der Waals surface area contributed by atoms with Gasteiger partial charge in [-0.25, -0.2) is 8.42 Å². The molecule has 0 bridgehead atoms. The summed E-state index contributed by atoms with van der Waals surface area (Å²) in [6, 6.07) is 25.7. The number of aromatic nitrogens is 1. The highest BCUT2D eigenvalue weighted by Crippen LogP contribution is 2.21. The quantitative estimate of drug-likeness (QED) is 0.462. The zero-order valence-corrected chi connectivity index (χ0v) is 17.4. The van der Waals surface area contributed by atoms with Crippen LogP contribution in [0, 0.1) is 0 Å². The minimum atomic E-state index is -3.86. The van der Waals surface area contributed by atoms with Crippen LogP contribution < -0.4 is 10.0 Å². The van der Waals surface area contributed by atoms with Crippen LogP contribution in [-0.2, 0) is 20.6 Å². The van der Waals surface area contributed by atoms with Gasteiger partial charge in [0.1, 0.15) is 6.04 Å². The van der Waals surface area contributed by atoms with Crippen LogP contribution in [0.1, 0.15) is 17.2 Å². The molecule has 1 atom stereocenters. The maximum atomic E-state index is 13.1. The van der Waals surface area contributed by atoms with Crippen LogP contribution in [0.25, 0.3) is 10.9 Å². The van der Waals surface area contributed by atoms with Crippen LogP contribution in [0.4, 0.5) is 5.69 Å². The van der Waals surface area contributed by atoms with Crippen molar-refractivity contribution >= 4 is 32.5 Å². The molecule has 1 aromatic heterocycles. The van der Waals surface area contributed by atoms with Crippen LogP contribution in [0.15, 0.2) is 97.2 Å². The first-order valence-corrected chi connectivity index (χ1v) is 11.4. The predicted molar refractivity (Wildman–Crippen MR) is 122 cm³/mol. The van der Waals surface area contributed by atoms with E-state index in [-0.39, 0.29) is 5.75 Å². The minimum absolute atomic E-state index is 0.288. The van der Waals surface area contributed by atoms with Crippen LogP contribution in [0.5, 0.6) is 0 Å². The van der Waals surface area contributed by atoms with Crippen molar-refractivity contribution in [3.63, 3.8) is 0 Å². The number of amides is 1. The van der Waals surface area contributed by atoms with E-state index in [0.717, 1.165) is 5.39 Å². The Hall–Kier alpha value is -3.55. The van der Waals surface area contributed by atoms with E-state index in [1.54, 1.807) is 72.9 Å². The van der Waals surface area contributed by atoms with Crippen LogP contribution in [0.2, 0.25) is 0 Å². The second-order valence-corrected chi connectivity index (χ2v) is 8.82. The summed E-state index contributed by atoms with van der Waals surface area (Å²) in [7, 11) is -3.86. The van der Waals surface area contributed by atoms with E-state index in [0.29, 0.717) is 22.3 Å². The Kier molecular flexibility index (Phi) is 6.06. The monoisotopic (exact) mass is 431 g/mol. The van der Waals surface area contributed by atoms with E-state index in [1.807, 2.05) is 24.3 Å². The van der Waals surface area contributed by atoms with E-state index in [9.17, 15) is 13.2 Å². The summed E-state index contributed by atoms with van der Waals surface area (Å²) in [6.45, 7) is 0. The van der Waals surface area contributed by atoms with Crippen molar-refractivity contribution in [2.45, 2.75) is 11.8 Å². The maximum absolute atomic E-state index is 13.1. The molecule has 2 N–H and O–H groups in total. The van der Waals surface area contributed by atoms with E-state index >= 15 is 0 Å². The van der Waals surface area contributed by atoms with Gasteiger partial charge in [0.05, 0.1) is 11.3 Å². The Morgan fingerprint density at radius 3 is 2.26 bits per heavy atom. The first kappa shape index (κ1) is 20.7. The van der Waals surface area contributed by atoms with Crippen molar-refractivity contribution in [2.75, 3.05) is 5.32 Å². The van der Waals surface area contributed by atoms with E-state index in [2.05, 4.69) is 15.0 Å². The zero-order valence-electron chi connectivity index (χ0n) is 16.6. The average molecular weight is 432 g/mol. The zero-order chi connectivity index (χ0) is 21.7. The fourth-order valence-corrected chi connectivity index (χ4v) is 4.69. The Bertz CT molecular complexity index is 1290. The van der Waals surface area contributed by atoms with Gasteiger partial charge in [-0.1, -0.05) is 72.8 Å². The van der Waals surface area contributed by atoms with Gasteiger partial charge in [-0.05, 0) is 29.3 Å². The maximum Gasteiger partial charge on any atom is 0.247 e. The molecule has 0 aliphatic carbocycles. The first-order valence-electron chi connectivity index (χ1n) is 9.75. The summed E-state index contributed by atoms with van der Waals surface area (Å²) < 4.78 is 28.7. The van der Waals surface area contributed by atoms with Crippen molar-refractivity contribution in [2.24, 2.45) is 0 Å². The molecule has 6 nitrogen and oxygen atoms in total. The summed E-state index contributed by atoms with van der Waals surface area (Å²) in [6.07, 6.45) is 1.63. The molecule has 0 radical (unpaired) electrons. The molecule has 4 rings (SSSR count). The number of carbonyl (C=O) groups is 1. The average Bonchev–Trinajstić information content (AvgIpc) is 2.79. The van der Waals surface area contributed by atoms with Gasteiger partial charge in [-0.3, -0.25) is 9.78 Å². The second kappa shape index (κ2) is 9.07. The van der Waals surface area contributed by atoms with Crippen molar-refractivity contribution in [1.82, 2.24) is 9.71 Å². The van der Waals surface area contributed by atoms with Crippen LogP contribution in [-0.4, -0.2) is 19.3 Å². The van der Waals surface area contributed by atoms with Gasteiger partial charge < -0.3 is 5.32 Å². The molecule has 0 saturated carbocycles. The standard InChI is InChI=1S/C24H21N3O3S/c28-24(26-21-14-5-2-6-15-21)23(19-9-3-1-4-10-19)27-31(29,30)17-20-12-7-11-18-13-8-16-25-22(18)20/h1-16,23,27H,17H2,(H,26,28). The third kappa shape index (κ3) is 5.14. The molecule has 0 aliphatic heterocycles. The third-order valence-corrected chi connectivity index (χ3v) is 6.08. The lowest BCUT2D eigenvalue weighted by Crippen LogP contribution is -2.37. The van der Waals surface area contributed by atoms with Gasteiger partial charge in [0.15, 0.2) is 0 Å². The number of anilines is 1. The van der Waals surface area contributed by atoms with Crippen molar-refractivity contribution in [3.05, 3.63) is 108 Å². The summed E-state index contributed by atoms with van der Waals surface area (Å²) in [5.41, 5.74) is 2.34. The summed E-state index contributed by atoms with van der Waals surface area (Å²) in [5.74, 6) is -0.749. The molecule has 0 spiro atoms. The van der Waals surface area contributed by atoms with Crippen molar-refractivity contribution in [1.29, 1.82) is 0 Å². The SMILES string of the molecule is O=C(Nc1ccccc1)C(NS(=O)(=O)Cc1cccc2cccnc12)c1ccccc1. The van der Waals surface area contributed by atoms with E-state index < -0.39 is 22.0 Å². The van der Waals surface area contributed by atoms with Crippen molar-refractivity contribution < 1.29 is 13.2 Å².